The van der Waals surface area contributed by atoms with Gasteiger partial charge in [0.2, 0.25) is 11.8 Å². The Bertz CT molecular complexity index is 840. The summed E-state index contributed by atoms with van der Waals surface area (Å²) >= 11 is 0. The van der Waals surface area contributed by atoms with E-state index in [9.17, 15) is 24.0 Å². The quantitative estimate of drug-likeness (QED) is 0.238. The van der Waals surface area contributed by atoms with E-state index >= 15 is 0 Å². The minimum atomic E-state index is -1.23. The lowest BCUT2D eigenvalue weighted by Crippen LogP contribution is -2.48. The van der Waals surface area contributed by atoms with Crippen LogP contribution in [0.25, 0.3) is 0 Å². The van der Waals surface area contributed by atoms with Gasteiger partial charge in [0, 0.05) is 19.4 Å². The number of aliphatic carboxylic acids is 2. The molecule has 0 aliphatic heterocycles. The summed E-state index contributed by atoms with van der Waals surface area (Å²) in [6, 6.07) is 3.23. The first-order valence-electron chi connectivity index (χ1n) is 10.2. The van der Waals surface area contributed by atoms with Crippen LogP contribution >= 0.6 is 0 Å². The topological polar surface area (TPSA) is 185 Å². The number of carboxylic acid groups (broad SMARTS) is 2. The van der Waals surface area contributed by atoms with Crippen molar-refractivity contribution in [1.29, 1.82) is 0 Å². The smallest absolute Gasteiger partial charge is 0.341 e. The van der Waals surface area contributed by atoms with Crippen LogP contribution in [0.15, 0.2) is 18.2 Å². The van der Waals surface area contributed by atoms with E-state index in [-0.39, 0.29) is 30.6 Å². The van der Waals surface area contributed by atoms with Gasteiger partial charge in [0.25, 0.3) is 5.91 Å². The van der Waals surface area contributed by atoms with Crippen molar-refractivity contribution in [2.24, 2.45) is 5.73 Å². The number of carbonyl (C=O) groups excluding carboxylic acids is 3. The summed E-state index contributed by atoms with van der Waals surface area (Å²) in [5, 5.41) is 22.7. The van der Waals surface area contributed by atoms with Gasteiger partial charge in [0.15, 0.2) is 6.61 Å². The molecule has 1 aromatic carbocycles. The first kappa shape index (κ1) is 26.4. The molecule has 0 saturated heterocycles. The summed E-state index contributed by atoms with van der Waals surface area (Å²) in [6.45, 7) is 1.78. The third kappa shape index (κ3) is 9.92. The van der Waals surface area contributed by atoms with Gasteiger partial charge in [-0.15, -0.1) is 0 Å². The lowest BCUT2D eigenvalue weighted by molar-refractivity contribution is -0.139. The molecule has 11 nitrogen and oxygen atoms in total. The van der Waals surface area contributed by atoms with Crippen LogP contribution in [-0.2, 0) is 25.6 Å². The molecule has 0 bridgehead atoms. The van der Waals surface area contributed by atoms with E-state index in [0.717, 1.165) is 19.3 Å². The Labute approximate surface area is 185 Å². The van der Waals surface area contributed by atoms with E-state index in [1.165, 1.54) is 18.2 Å². The Balaban J connectivity index is 3.00. The molecule has 3 amide bonds. The minimum Gasteiger partial charge on any atom is -0.481 e. The van der Waals surface area contributed by atoms with Gasteiger partial charge in [0.05, 0.1) is 12.0 Å². The van der Waals surface area contributed by atoms with Crippen molar-refractivity contribution >= 4 is 29.7 Å². The molecule has 1 atom stereocenters. The van der Waals surface area contributed by atoms with Gasteiger partial charge in [-0.05, 0) is 24.1 Å². The SMILES string of the molecule is CCCCCNC(=O)[C@H](Cc1ccc(OCC(=O)O)c(C(N)=O)c1)NC(=O)CCC(=O)O. The normalized spacial score (nSPS) is 11.3. The fraction of sp³-hybridized carbons (Fsp3) is 0.476. The average molecular weight is 451 g/mol. The van der Waals surface area contributed by atoms with E-state index in [1.54, 1.807) is 0 Å². The number of carboxylic acids is 2. The largest absolute Gasteiger partial charge is 0.481 e. The van der Waals surface area contributed by atoms with E-state index in [2.05, 4.69) is 10.6 Å². The summed E-state index contributed by atoms with van der Waals surface area (Å²) in [7, 11) is 0. The molecule has 0 radical (unpaired) electrons. The van der Waals surface area contributed by atoms with Gasteiger partial charge in [-0.1, -0.05) is 25.8 Å². The molecule has 11 heteroatoms. The number of amides is 3. The standard InChI is InChI=1S/C21H29N3O8/c1-2-3-4-9-23-21(31)15(24-17(25)7-8-18(26)27)11-13-5-6-16(32-12-19(28)29)14(10-13)20(22)30/h5-6,10,15H,2-4,7-9,11-12H2,1H3,(H2,22,30)(H,23,31)(H,24,25)(H,26,27)(H,28,29)/t15-/m0/s1. The Kier molecular flexibility index (Phi) is 11.2. The maximum Gasteiger partial charge on any atom is 0.341 e. The zero-order valence-electron chi connectivity index (χ0n) is 17.9. The second-order valence-electron chi connectivity index (χ2n) is 7.09. The zero-order chi connectivity index (χ0) is 24.1. The van der Waals surface area contributed by atoms with Crippen molar-refractivity contribution in [3.63, 3.8) is 0 Å². The molecule has 6 N–H and O–H groups in total. The molecule has 0 fully saturated rings. The number of ether oxygens (including phenoxy) is 1. The van der Waals surface area contributed by atoms with Crippen molar-refractivity contribution in [2.45, 2.75) is 51.5 Å². The van der Waals surface area contributed by atoms with Crippen LogP contribution < -0.4 is 21.1 Å². The molecule has 32 heavy (non-hydrogen) atoms. The van der Waals surface area contributed by atoms with Crippen molar-refractivity contribution in [3.8, 4) is 5.75 Å². The molecule has 0 aliphatic carbocycles. The van der Waals surface area contributed by atoms with Crippen LogP contribution in [0.5, 0.6) is 5.75 Å². The number of carbonyl (C=O) groups is 5. The molecular formula is C21H29N3O8. The van der Waals surface area contributed by atoms with E-state index in [1.807, 2.05) is 6.92 Å². The molecule has 0 unspecified atom stereocenters. The highest BCUT2D eigenvalue weighted by molar-refractivity contribution is 5.96. The van der Waals surface area contributed by atoms with Crippen LogP contribution in [0.4, 0.5) is 0 Å². The molecule has 0 aromatic heterocycles. The van der Waals surface area contributed by atoms with E-state index < -0.39 is 42.3 Å². The summed E-state index contributed by atoms with van der Waals surface area (Å²) in [5.41, 5.74) is 5.75. The number of primary amides is 1. The lowest BCUT2D eigenvalue weighted by Gasteiger charge is -2.19. The fourth-order valence-corrected chi connectivity index (χ4v) is 2.80. The highest BCUT2D eigenvalue weighted by atomic mass is 16.5. The Morgan fingerprint density at radius 2 is 1.78 bits per heavy atom. The predicted molar refractivity (Wildman–Crippen MR) is 113 cm³/mol. The Morgan fingerprint density at radius 3 is 2.38 bits per heavy atom. The third-order valence-electron chi connectivity index (χ3n) is 4.40. The molecule has 0 aliphatic rings. The summed E-state index contributed by atoms with van der Waals surface area (Å²) < 4.78 is 5.06. The highest BCUT2D eigenvalue weighted by Gasteiger charge is 2.22. The van der Waals surface area contributed by atoms with E-state index in [4.69, 9.17) is 20.7 Å². The number of benzene rings is 1. The second kappa shape index (κ2) is 13.6. The summed E-state index contributed by atoms with van der Waals surface area (Å²) in [6.07, 6.45) is 2.00. The van der Waals surface area contributed by atoms with Crippen molar-refractivity contribution in [2.75, 3.05) is 13.2 Å². The lowest BCUT2D eigenvalue weighted by atomic mass is 10.0. The number of rotatable bonds is 15. The van der Waals surface area contributed by atoms with Crippen LogP contribution in [0.1, 0.15) is 54.9 Å². The first-order valence-corrected chi connectivity index (χ1v) is 10.2. The van der Waals surface area contributed by atoms with Crippen molar-refractivity contribution in [1.82, 2.24) is 10.6 Å². The Hall–Kier alpha value is -3.63. The van der Waals surface area contributed by atoms with Gasteiger partial charge < -0.3 is 31.3 Å². The molecule has 0 spiro atoms. The van der Waals surface area contributed by atoms with Crippen molar-refractivity contribution < 1.29 is 38.9 Å². The number of hydrogen-bond donors (Lipinski definition) is 5. The number of hydrogen-bond acceptors (Lipinski definition) is 6. The second-order valence-corrected chi connectivity index (χ2v) is 7.09. The monoisotopic (exact) mass is 451 g/mol. The van der Waals surface area contributed by atoms with Crippen molar-refractivity contribution in [3.05, 3.63) is 29.3 Å². The maximum atomic E-state index is 12.6. The van der Waals surface area contributed by atoms with Crippen LogP contribution in [0, 0.1) is 0 Å². The zero-order valence-corrected chi connectivity index (χ0v) is 17.9. The van der Waals surface area contributed by atoms with Gasteiger partial charge >= 0.3 is 11.9 Å². The molecule has 0 saturated carbocycles. The summed E-state index contributed by atoms with van der Waals surface area (Å²) in [4.78, 5) is 57.9. The van der Waals surface area contributed by atoms with Crippen LogP contribution in [-0.4, -0.2) is 59.1 Å². The fourth-order valence-electron chi connectivity index (χ4n) is 2.80. The van der Waals surface area contributed by atoms with E-state index in [0.29, 0.717) is 12.1 Å². The third-order valence-corrected chi connectivity index (χ3v) is 4.40. The molecular weight excluding hydrogens is 422 g/mol. The predicted octanol–water partition coefficient (Wildman–Crippen LogP) is 0.447. The maximum absolute atomic E-state index is 12.6. The minimum absolute atomic E-state index is 0.00207. The number of nitrogens with one attached hydrogen (secondary N) is 2. The van der Waals surface area contributed by atoms with Gasteiger partial charge in [-0.2, -0.15) is 0 Å². The first-order chi connectivity index (χ1) is 15.1. The summed E-state index contributed by atoms with van der Waals surface area (Å²) in [5.74, 6) is -4.28. The van der Waals surface area contributed by atoms with Gasteiger partial charge in [-0.3, -0.25) is 19.2 Å². The number of unbranched alkanes of at least 4 members (excludes halogenated alkanes) is 2. The molecule has 1 aromatic rings. The average Bonchev–Trinajstić information content (AvgIpc) is 2.73. The van der Waals surface area contributed by atoms with Crippen LogP contribution in [0.3, 0.4) is 0 Å². The molecule has 0 heterocycles. The number of nitrogens with two attached hydrogens (primary N) is 1. The Morgan fingerprint density at radius 1 is 1.06 bits per heavy atom. The molecule has 176 valence electrons. The van der Waals surface area contributed by atoms with Gasteiger partial charge in [0.1, 0.15) is 11.8 Å². The highest BCUT2D eigenvalue weighted by Crippen LogP contribution is 2.21. The van der Waals surface area contributed by atoms with Crippen LogP contribution in [0.2, 0.25) is 0 Å². The van der Waals surface area contributed by atoms with Gasteiger partial charge in [-0.25, -0.2) is 4.79 Å². The molecule has 1 rings (SSSR count).